The number of rotatable bonds is 4. The smallest absolute Gasteiger partial charge is 0.123 e. The van der Waals surface area contributed by atoms with Gasteiger partial charge in [-0.2, -0.15) is 5.26 Å². The van der Waals surface area contributed by atoms with Crippen LogP contribution >= 0.6 is 0 Å². The van der Waals surface area contributed by atoms with E-state index >= 15 is 0 Å². The van der Waals surface area contributed by atoms with Gasteiger partial charge in [-0.3, -0.25) is 0 Å². The number of halogens is 2. The van der Waals surface area contributed by atoms with Crippen LogP contribution in [0.1, 0.15) is 31.4 Å². The Bertz CT molecular complexity index is 591. The molecule has 0 bridgehead atoms. The zero-order chi connectivity index (χ0) is 15.5. The van der Waals surface area contributed by atoms with Crippen LogP contribution in [0.2, 0.25) is 0 Å². The molecule has 21 heavy (non-hydrogen) atoms. The summed E-state index contributed by atoms with van der Waals surface area (Å²) < 4.78 is 26.3. The number of hydrogen-bond donors (Lipinski definition) is 0. The van der Waals surface area contributed by atoms with Crippen LogP contribution in [0, 0.1) is 28.9 Å². The molecule has 0 atom stereocenters. The molecule has 0 saturated carbocycles. The second kappa shape index (κ2) is 6.05. The maximum absolute atomic E-state index is 13.2. The fraction of sp³-hybridized carbons (Fsp3) is 0.278. The molecule has 2 aromatic carbocycles. The summed E-state index contributed by atoms with van der Waals surface area (Å²) in [7, 11) is 0. The van der Waals surface area contributed by atoms with Crippen LogP contribution in [0.3, 0.4) is 0 Å². The van der Waals surface area contributed by atoms with Crippen molar-refractivity contribution in [3.63, 3.8) is 0 Å². The van der Waals surface area contributed by atoms with E-state index in [1.165, 1.54) is 24.3 Å². The second-order valence-electron chi connectivity index (χ2n) is 5.63. The van der Waals surface area contributed by atoms with Gasteiger partial charge in [0, 0.05) is 0 Å². The van der Waals surface area contributed by atoms with E-state index in [4.69, 9.17) is 0 Å². The standard InChI is InChI=1S/C18H17F2N/c1-13(2)11-18(12-21,14-3-7-16(19)8-4-14)15-5-9-17(20)10-6-15/h3-10,13H,11H2,1-2H3. The van der Waals surface area contributed by atoms with Crippen LogP contribution in [0.5, 0.6) is 0 Å². The third kappa shape index (κ3) is 3.11. The summed E-state index contributed by atoms with van der Waals surface area (Å²) in [6.07, 6.45) is 0.584. The van der Waals surface area contributed by atoms with E-state index in [9.17, 15) is 14.0 Å². The van der Waals surface area contributed by atoms with Crippen molar-refractivity contribution < 1.29 is 8.78 Å². The Kier molecular flexibility index (Phi) is 4.37. The van der Waals surface area contributed by atoms with Crippen LogP contribution in [-0.2, 0) is 5.41 Å². The minimum absolute atomic E-state index is 0.264. The predicted molar refractivity (Wildman–Crippen MR) is 78.6 cm³/mol. The number of nitriles is 1. The molecule has 0 unspecified atom stereocenters. The molecule has 3 heteroatoms. The van der Waals surface area contributed by atoms with Gasteiger partial charge < -0.3 is 0 Å². The van der Waals surface area contributed by atoms with Crippen molar-refractivity contribution in [1.29, 1.82) is 5.26 Å². The molecule has 0 aliphatic heterocycles. The van der Waals surface area contributed by atoms with E-state index in [1.807, 2.05) is 13.8 Å². The number of nitrogens with zero attached hydrogens (tertiary/aromatic N) is 1. The molecule has 0 aliphatic carbocycles. The molecular weight excluding hydrogens is 268 g/mol. The van der Waals surface area contributed by atoms with Gasteiger partial charge in [-0.05, 0) is 47.7 Å². The highest BCUT2D eigenvalue weighted by atomic mass is 19.1. The van der Waals surface area contributed by atoms with Gasteiger partial charge in [-0.25, -0.2) is 8.78 Å². The van der Waals surface area contributed by atoms with E-state index in [-0.39, 0.29) is 17.6 Å². The lowest BCUT2D eigenvalue weighted by Gasteiger charge is -2.29. The van der Waals surface area contributed by atoms with E-state index in [0.717, 1.165) is 11.1 Å². The molecule has 0 aliphatic rings. The summed E-state index contributed by atoms with van der Waals surface area (Å²) in [4.78, 5) is 0. The third-order valence-corrected chi connectivity index (χ3v) is 3.58. The van der Waals surface area contributed by atoms with Crippen LogP contribution in [0.15, 0.2) is 48.5 Å². The Morgan fingerprint density at radius 3 is 1.57 bits per heavy atom. The quantitative estimate of drug-likeness (QED) is 0.790. The third-order valence-electron chi connectivity index (χ3n) is 3.58. The Hall–Kier alpha value is -2.21. The van der Waals surface area contributed by atoms with Gasteiger partial charge in [0.15, 0.2) is 0 Å². The average molecular weight is 285 g/mol. The average Bonchev–Trinajstić information content (AvgIpc) is 2.46. The highest BCUT2D eigenvalue weighted by Crippen LogP contribution is 2.37. The van der Waals surface area contributed by atoms with Crippen molar-refractivity contribution >= 4 is 0 Å². The van der Waals surface area contributed by atoms with Gasteiger partial charge >= 0.3 is 0 Å². The van der Waals surface area contributed by atoms with E-state index < -0.39 is 5.41 Å². The molecule has 0 radical (unpaired) electrons. The van der Waals surface area contributed by atoms with Crippen LogP contribution in [-0.4, -0.2) is 0 Å². The van der Waals surface area contributed by atoms with E-state index in [2.05, 4.69) is 6.07 Å². The van der Waals surface area contributed by atoms with Gasteiger partial charge in [0.1, 0.15) is 17.0 Å². The first-order valence-corrected chi connectivity index (χ1v) is 6.91. The van der Waals surface area contributed by atoms with Crippen molar-refractivity contribution in [2.24, 2.45) is 5.92 Å². The molecule has 0 amide bonds. The molecule has 2 aromatic rings. The zero-order valence-corrected chi connectivity index (χ0v) is 12.1. The number of benzene rings is 2. The Morgan fingerprint density at radius 2 is 1.29 bits per heavy atom. The topological polar surface area (TPSA) is 23.8 Å². The van der Waals surface area contributed by atoms with Gasteiger partial charge in [-0.1, -0.05) is 38.1 Å². The maximum atomic E-state index is 13.2. The molecule has 108 valence electrons. The van der Waals surface area contributed by atoms with E-state index in [1.54, 1.807) is 24.3 Å². The lowest BCUT2D eigenvalue weighted by atomic mass is 9.70. The van der Waals surface area contributed by atoms with Gasteiger partial charge in [0.05, 0.1) is 6.07 Å². The fourth-order valence-corrected chi connectivity index (χ4v) is 2.66. The lowest BCUT2D eigenvalue weighted by Crippen LogP contribution is -2.28. The predicted octanol–water partition coefficient (Wildman–Crippen LogP) is 4.82. The minimum Gasteiger partial charge on any atom is -0.207 e. The van der Waals surface area contributed by atoms with Crippen molar-refractivity contribution in [3.8, 4) is 6.07 Å². The largest absolute Gasteiger partial charge is 0.207 e. The normalized spacial score (nSPS) is 11.4. The van der Waals surface area contributed by atoms with Crippen LogP contribution < -0.4 is 0 Å². The summed E-state index contributed by atoms with van der Waals surface area (Å²) >= 11 is 0. The second-order valence-corrected chi connectivity index (χ2v) is 5.63. The van der Waals surface area contributed by atoms with E-state index in [0.29, 0.717) is 6.42 Å². The molecule has 0 aromatic heterocycles. The SMILES string of the molecule is CC(C)CC(C#N)(c1ccc(F)cc1)c1ccc(F)cc1. The first-order valence-electron chi connectivity index (χ1n) is 6.91. The Morgan fingerprint density at radius 1 is 0.905 bits per heavy atom. The summed E-state index contributed by atoms with van der Waals surface area (Å²) in [5, 5.41) is 9.83. The summed E-state index contributed by atoms with van der Waals surface area (Å²) in [5.74, 6) is -0.414. The highest BCUT2D eigenvalue weighted by molar-refractivity contribution is 5.46. The molecule has 1 nitrogen and oxygen atoms in total. The summed E-state index contributed by atoms with van der Waals surface area (Å²) in [5.41, 5.74) is 0.564. The molecule has 2 rings (SSSR count). The molecule has 0 fully saturated rings. The lowest BCUT2D eigenvalue weighted by molar-refractivity contribution is 0.472. The molecule has 0 spiro atoms. The Labute approximate surface area is 123 Å². The van der Waals surface area contributed by atoms with Gasteiger partial charge in [0.25, 0.3) is 0 Å². The van der Waals surface area contributed by atoms with Crippen molar-refractivity contribution in [3.05, 3.63) is 71.3 Å². The fourth-order valence-electron chi connectivity index (χ4n) is 2.66. The number of hydrogen-bond acceptors (Lipinski definition) is 1. The van der Waals surface area contributed by atoms with Gasteiger partial charge in [0.2, 0.25) is 0 Å². The van der Waals surface area contributed by atoms with Crippen LogP contribution in [0.4, 0.5) is 8.78 Å². The van der Waals surface area contributed by atoms with Crippen molar-refractivity contribution in [2.75, 3.05) is 0 Å². The molecule has 0 N–H and O–H groups in total. The first kappa shape index (κ1) is 15.2. The highest BCUT2D eigenvalue weighted by Gasteiger charge is 2.35. The van der Waals surface area contributed by atoms with Gasteiger partial charge in [-0.15, -0.1) is 0 Å². The zero-order valence-electron chi connectivity index (χ0n) is 12.1. The molecule has 0 saturated heterocycles. The summed E-state index contributed by atoms with van der Waals surface area (Å²) in [6.45, 7) is 4.05. The molecule has 0 heterocycles. The molecular formula is C18H17F2N. The maximum Gasteiger partial charge on any atom is 0.123 e. The summed E-state index contributed by atoms with van der Waals surface area (Å²) in [6, 6.07) is 14.3. The van der Waals surface area contributed by atoms with Crippen LogP contribution in [0.25, 0.3) is 0 Å². The first-order chi connectivity index (χ1) is 9.98. The minimum atomic E-state index is -0.893. The Balaban J connectivity index is 2.60. The monoisotopic (exact) mass is 285 g/mol. The van der Waals surface area contributed by atoms with Crippen molar-refractivity contribution in [2.45, 2.75) is 25.7 Å². The van der Waals surface area contributed by atoms with Crippen molar-refractivity contribution in [1.82, 2.24) is 0 Å².